The Morgan fingerprint density at radius 2 is 1.96 bits per heavy atom. The van der Waals surface area contributed by atoms with Crippen molar-refractivity contribution < 1.29 is 9.18 Å². The smallest absolute Gasteiger partial charge is 0.242 e. The van der Waals surface area contributed by atoms with Gasteiger partial charge in [-0.1, -0.05) is 26.0 Å². The fraction of sp³-hybridized carbons (Fsp3) is 0.632. The molecule has 1 heterocycles. The van der Waals surface area contributed by atoms with Crippen LogP contribution in [0, 0.1) is 11.7 Å². The molecule has 0 unspecified atom stereocenters. The fourth-order valence-corrected chi connectivity index (χ4v) is 3.56. The maximum atomic E-state index is 13.1. The Labute approximate surface area is 143 Å². The van der Waals surface area contributed by atoms with Gasteiger partial charge in [-0.15, -0.1) is 0 Å². The summed E-state index contributed by atoms with van der Waals surface area (Å²) in [7, 11) is 0. The topological polar surface area (TPSA) is 49.6 Å². The quantitative estimate of drug-likeness (QED) is 0.920. The molecule has 132 valence electrons. The number of halogens is 1. The van der Waals surface area contributed by atoms with Crippen LogP contribution in [0.4, 0.5) is 4.39 Å². The molecule has 4 nitrogen and oxygen atoms in total. The van der Waals surface area contributed by atoms with Crippen molar-refractivity contribution in [1.82, 2.24) is 9.80 Å². The van der Waals surface area contributed by atoms with Crippen LogP contribution in [0.15, 0.2) is 24.3 Å². The third-order valence-electron chi connectivity index (χ3n) is 5.32. The zero-order chi connectivity index (χ0) is 17.3. The molecule has 1 aromatic carbocycles. The van der Waals surface area contributed by atoms with E-state index in [2.05, 4.69) is 18.7 Å². The second-order valence-corrected chi connectivity index (χ2v) is 7.67. The molecule has 1 aliphatic carbocycles. The van der Waals surface area contributed by atoms with E-state index >= 15 is 0 Å². The Bertz CT molecular complexity index is 583. The number of hydrogen-bond acceptors (Lipinski definition) is 3. The minimum atomic E-state index is -0.590. The average molecular weight is 333 g/mol. The van der Waals surface area contributed by atoms with Gasteiger partial charge in [0.1, 0.15) is 5.82 Å². The van der Waals surface area contributed by atoms with E-state index in [4.69, 9.17) is 5.73 Å². The lowest BCUT2D eigenvalue weighted by Crippen LogP contribution is -2.50. The van der Waals surface area contributed by atoms with Crippen molar-refractivity contribution in [2.45, 2.75) is 51.2 Å². The van der Waals surface area contributed by atoms with Crippen molar-refractivity contribution in [3.05, 3.63) is 35.6 Å². The first-order chi connectivity index (χ1) is 11.4. The molecule has 5 heteroatoms. The van der Waals surface area contributed by atoms with Gasteiger partial charge >= 0.3 is 0 Å². The molecule has 2 aliphatic rings. The highest BCUT2D eigenvalue weighted by Crippen LogP contribution is 2.35. The van der Waals surface area contributed by atoms with Gasteiger partial charge in [-0.25, -0.2) is 4.39 Å². The van der Waals surface area contributed by atoms with E-state index in [0.29, 0.717) is 12.0 Å². The Morgan fingerprint density at radius 3 is 2.54 bits per heavy atom. The zero-order valence-electron chi connectivity index (χ0n) is 14.7. The third kappa shape index (κ3) is 3.78. The van der Waals surface area contributed by atoms with E-state index in [1.54, 1.807) is 0 Å². The summed E-state index contributed by atoms with van der Waals surface area (Å²) in [5.41, 5.74) is 6.65. The highest BCUT2D eigenvalue weighted by Gasteiger charge is 2.48. The molecule has 2 fully saturated rings. The van der Waals surface area contributed by atoms with Gasteiger partial charge in [-0.3, -0.25) is 9.69 Å². The largest absolute Gasteiger partial charge is 0.339 e. The van der Waals surface area contributed by atoms with E-state index in [-0.39, 0.29) is 11.7 Å². The number of carbonyl (C=O) groups is 1. The van der Waals surface area contributed by atoms with E-state index in [1.807, 2.05) is 17.0 Å². The Balaban J connectivity index is 1.72. The van der Waals surface area contributed by atoms with Crippen LogP contribution in [-0.2, 0) is 11.3 Å². The lowest BCUT2D eigenvalue weighted by molar-refractivity contribution is -0.134. The van der Waals surface area contributed by atoms with Crippen LogP contribution in [0.25, 0.3) is 0 Å². The second-order valence-electron chi connectivity index (χ2n) is 7.67. The molecular formula is C19H28FN3O. The van der Waals surface area contributed by atoms with E-state index in [0.717, 1.165) is 51.0 Å². The van der Waals surface area contributed by atoms with Gasteiger partial charge in [0.15, 0.2) is 0 Å². The molecule has 1 saturated carbocycles. The average Bonchev–Trinajstić information content (AvgIpc) is 3.32. The van der Waals surface area contributed by atoms with Gasteiger partial charge in [0.05, 0.1) is 5.54 Å². The molecule has 1 amide bonds. The maximum Gasteiger partial charge on any atom is 0.242 e. The van der Waals surface area contributed by atoms with Crippen molar-refractivity contribution in [1.29, 1.82) is 0 Å². The summed E-state index contributed by atoms with van der Waals surface area (Å²) in [6, 6.07) is 7.01. The van der Waals surface area contributed by atoms with Gasteiger partial charge in [-0.05, 0) is 42.9 Å². The van der Waals surface area contributed by atoms with Crippen molar-refractivity contribution in [2.24, 2.45) is 11.7 Å². The maximum absolute atomic E-state index is 13.1. The van der Waals surface area contributed by atoms with Crippen molar-refractivity contribution >= 4 is 5.91 Å². The van der Waals surface area contributed by atoms with Gasteiger partial charge < -0.3 is 10.6 Å². The van der Waals surface area contributed by atoms with E-state index in [9.17, 15) is 9.18 Å². The Morgan fingerprint density at radius 1 is 1.29 bits per heavy atom. The second kappa shape index (κ2) is 6.81. The molecule has 1 aliphatic heterocycles. The number of nitrogens with zero attached hydrogens (tertiary/aromatic N) is 2. The van der Waals surface area contributed by atoms with Gasteiger partial charge in [-0.2, -0.15) is 0 Å². The molecule has 24 heavy (non-hydrogen) atoms. The molecule has 1 saturated heterocycles. The summed E-state index contributed by atoms with van der Waals surface area (Å²) in [5, 5.41) is 0. The van der Waals surface area contributed by atoms with E-state index < -0.39 is 5.54 Å². The SMILES string of the molecule is CC(C)[C@@H]1CN(C(=O)C2(N)CC2)CCCN1Cc1ccc(F)cc1. The summed E-state index contributed by atoms with van der Waals surface area (Å²) >= 11 is 0. The Hall–Kier alpha value is -1.46. The Kier molecular flexibility index (Phi) is 4.92. The normalized spacial score (nSPS) is 24.0. The molecule has 0 radical (unpaired) electrons. The summed E-state index contributed by atoms with van der Waals surface area (Å²) in [4.78, 5) is 17.1. The minimum absolute atomic E-state index is 0.122. The predicted molar refractivity (Wildman–Crippen MR) is 92.8 cm³/mol. The van der Waals surface area contributed by atoms with Crippen LogP contribution in [0.1, 0.15) is 38.7 Å². The first kappa shape index (κ1) is 17.4. The standard InChI is InChI=1S/C19H28FN3O/c1-14(2)17-13-23(18(24)19(21)8-9-19)11-3-10-22(17)12-15-4-6-16(20)7-5-15/h4-7,14,17H,3,8-13,21H2,1-2H3/t17-/m0/s1. The molecule has 1 aromatic rings. The number of hydrogen-bond donors (Lipinski definition) is 1. The molecule has 0 aromatic heterocycles. The minimum Gasteiger partial charge on any atom is -0.339 e. The van der Waals surface area contributed by atoms with Crippen molar-refractivity contribution in [2.75, 3.05) is 19.6 Å². The summed E-state index contributed by atoms with van der Waals surface area (Å²) in [6.45, 7) is 7.65. The van der Waals surface area contributed by atoms with Crippen LogP contribution in [0.5, 0.6) is 0 Å². The molecule has 0 spiro atoms. The molecule has 3 rings (SSSR count). The first-order valence-electron chi connectivity index (χ1n) is 8.96. The molecular weight excluding hydrogens is 305 g/mol. The van der Waals surface area contributed by atoms with Crippen LogP contribution in [-0.4, -0.2) is 46.9 Å². The van der Waals surface area contributed by atoms with Gasteiger partial charge in [0.2, 0.25) is 5.91 Å². The molecule has 2 N–H and O–H groups in total. The number of amides is 1. The predicted octanol–water partition coefficient (Wildman–Crippen LogP) is 2.38. The van der Waals surface area contributed by atoms with Crippen LogP contribution < -0.4 is 5.73 Å². The van der Waals surface area contributed by atoms with Crippen LogP contribution >= 0.6 is 0 Å². The lowest BCUT2D eigenvalue weighted by Gasteiger charge is -2.35. The van der Waals surface area contributed by atoms with Gasteiger partial charge in [0, 0.05) is 32.2 Å². The molecule has 0 bridgehead atoms. The highest BCUT2D eigenvalue weighted by molar-refractivity contribution is 5.89. The summed E-state index contributed by atoms with van der Waals surface area (Å²) in [5.74, 6) is 0.355. The summed E-state index contributed by atoms with van der Waals surface area (Å²) in [6.07, 6.45) is 2.58. The van der Waals surface area contributed by atoms with E-state index in [1.165, 1.54) is 12.1 Å². The van der Waals surface area contributed by atoms with Crippen LogP contribution in [0.3, 0.4) is 0 Å². The highest BCUT2D eigenvalue weighted by atomic mass is 19.1. The number of nitrogens with two attached hydrogens (primary N) is 1. The van der Waals surface area contributed by atoms with Gasteiger partial charge in [0.25, 0.3) is 0 Å². The fourth-order valence-electron chi connectivity index (χ4n) is 3.56. The summed E-state index contributed by atoms with van der Waals surface area (Å²) < 4.78 is 13.1. The number of benzene rings is 1. The molecule has 1 atom stereocenters. The van der Waals surface area contributed by atoms with Crippen molar-refractivity contribution in [3.8, 4) is 0 Å². The zero-order valence-corrected chi connectivity index (χ0v) is 14.7. The first-order valence-corrected chi connectivity index (χ1v) is 8.96. The van der Waals surface area contributed by atoms with Crippen LogP contribution in [0.2, 0.25) is 0 Å². The monoisotopic (exact) mass is 333 g/mol. The lowest BCUT2D eigenvalue weighted by atomic mass is 10.0. The third-order valence-corrected chi connectivity index (χ3v) is 5.32. The number of carbonyl (C=O) groups excluding carboxylic acids is 1. The number of rotatable bonds is 4. The van der Waals surface area contributed by atoms with Crippen molar-refractivity contribution in [3.63, 3.8) is 0 Å².